The second-order valence-electron chi connectivity index (χ2n) is 3.21. The molecule has 1 N–H and O–H groups in total. The molecule has 0 spiro atoms. The molecule has 3 heterocycles. The zero-order chi connectivity index (χ0) is 11.7. The van der Waals surface area contributed by atoms with Gasteiger partial charge in [0.2, 0.25) is 5.82 Å². The molecule has 0 fully saturated rings. The zero-order valence-corrected chi connectivity index (χ0v) is 9.27. The van der Waals surface area contributed by atoms with Crippen LogP contribution in [0.15, 0.2) is 39.0 Å². The molecule has 0 aliphatic carbocycles. The Morgan fingerprint density at radius 1 is 1.29 bits per heavy atom. The van der Waals surface area contributed by atoms with Crippen LogP contribution in [0.25, 0.3) is 22.3 Å². The number of hydrogen-bond donors (Lipinski definition) is 1. The Morgan fingerprint density at radius 2 is 2.24 bits per heavy atom. The Morgan fingerprint density at radius 3 is 2.94 bits per heavy atom. The molecular formula is C10H6N4O2S. The molecule has 0 amide bonds. The molecule has 3 aromatic rings. The molecule has 0 aliphatic rings. The van der Waals surface area contributed by atoms with E-state index in [9.17, 15) is 4.79 Å². The van der Waals surface area contributed by atoms with E-state index in [-0.39, 0.29) is 11.4 Å². The van der Waals surface area contributed by atoms with Crippen LogP contribution in [-0.2, 0) is 0 Å². The average Bonchev–Trinajstić information content (AvgIpc) is 3.00. The Balaban J connectivity index is 2.00. The molecule has 84 valence electrons. The van der Waals surface area contributed by atoms with Crippen LogP contribution >= 0.6 is 11.3 Å². The van der Waals surface area contributed by atoms with Crippen LogP contribution in [0.1, 0.15) is 0 Å². The number of thiophene rings is 1. The highest BCUT2D eigenvalue weighted by atomic mass is 32.1. The van der Waals surface area contributed by atoms with Crippen molar-refractivity contribution in [3.05, 3.63) is 40.0 Å². The average molecular weight is 246 g/mol. The maximum Gasteiger partial charge on any atom is 0.278 e. The fraction of sp³-hybridized carbons (Fsp3) is 0. The van der Waals surface area contributed by atoms with Gasteiger partial charge in [-0.1, -0.05) is 11.2 Å². The molecule has 6 nitrogen and oxygen atoms in total. The number of aromatic amines is 1. The fourth-order valence-electron chi connectivity index (χ4n) is 1.30. The molecule has 3 aromatic heterocycles. The smallest absolute Gasteiger partial charge is 0.278 e. The lowest BCUT2D eigenvalue weighted by molar-refractivity contribution is 0.430. The van der Waals surface area contributed by atoms with Crippen molar-refractivity contribution < 1.29 is 4.52 Å². The number of aromatic nitrogens is 4. The Bertz CT molecular complexity index is 666. The summed E-state index contributed by atoms with van der Waals surface area (Å²) in [7, 11) is 0. The van der Waals surface area contributed by atoms with E-state index in [0.29, 0.717) is 11.5 Å². The van der Waals surface area contributed by atoms with Crippen LogP contribution in [0.2, 0.25) is 0 Å². The van der Waals surface area contributed by atoms with Gasteiger partial charge >= 0.3 is 0 Å². The summed E-state index contributed by atoms with van der Waals surface area (Å²) in [5, 5.41) is 11.9. The van der Waals surface area contributed by atoms with Gasteiger partial charge in [-0.15, -0.1) is 11.3 Å². The first-order valence-electron chi connectivity index (χ1n) is 4.76. The Labute approximate surface area is 98.9 Å². The van der Waals surface area contributed by atoms with Crippen molar-refractivity contribution in [3.8, 4) is 22.3 Å². The monoisotopic (exact) mass is 246 g/mol. The van der Waals surface area contributed by atoms with Crippen molar-refractivity contribution in [3.63, 3.8) is 0 Å². The minimum atomic E-state index is -0.272. The molecule has 0 bridgehead atoms. The highest BCUT2D eigenvalue weighted by Crippen LogP contribution is 2.23. The van der Waals surface area contributed by atoms with E-state index in [2.05, 4.69) is 20.3 Å². The fourth-order valence-corrected chi connectivity index (χ4v) is 1.95. The van der Waals surface area contributed by atoms with Gasteiger partial charge in [-0.3, -0.25) is 4.79 Å². The van der Waals surface area contributed by atoms with Gasteiger partial charge in [0, 0.05) is 6.07 Å². The molecule has 0 saturated carbocycles. The van der Waals surface area contributed by atoms with Gasteiger partial charge in [0.05, 0.1) is 4.88 Å². The summed E-state index contributed by atoms with van der Waals surface area (Å²) in [6, 6.07) is 6.70. The van der Waals surface area contributed by atoms with Crippen LogP contribution < -0.4 is 5.56 Å². The van der Waals surface area contributed by atoms with Gasteiger partial charge in [-0.2, -0.15) is 10.1 Å². The number of H-pyrrole nitrogens is 1. The summed E-state index contributed by atoms with van der Waals surface area (Å²) in [6.07, 6.45) is 0. The predicted octanol–water partition coefficient (Wildman–Crippen LogP) is 1.55. The van der Waals surface area contributed by atoms with E-state index >= 15 is 0 Å². The van der Waals surface area contributed by atoms with E-state index in [4.69, 9.17) is 4.52 Å². The Kier molecular flexibility index (Phi) is 2.30. The molecule has 17 heavy (non-hydrogen) atoms. The molecule has 0 aliphatic heterocycles. The van der Waals surface area contributed by atoms with Crippen molar-refractivity contribution in [1.82, 2.24) is 20.3 Å². The van der Waals surface area contributed by atoms with Gasteiger partial charge in [0.25, 0.3) is 11.4 Å². The summed E-state index contributed by atoms with van der Waals surface area (Å²) >= 11 is 1.52. The van der Waals surface area contributed by atoms with Gasteiger partial charge in [0.15, 0.2) is 0 Å². The number of rotatable bonds is 2. The second-order valence-corrected chi connectivity index (χ2v) is 4.15. The minimum absolute atomic E-state index is 0.272. The summed E-state index contributed by atoms with van der Waals surface area (Å²) in [5.74, 6) is 0.799. The third-order valence-corrected chi connectivity index (χ3v) is 2.93. The Hall–Kier alpha value is -2.28. The molecular weight excluding hydrogens is 240 g/mol. The van der Waals surface area contributed by atoms with Crippen LogP contribution in [-0.4, -0.2) is 20.3 Å². The molecule has 3 rings (SSSR count). The quantitative estimate of drug-likeness (QED) is 0.741. The summed E-state index contributed by atoms with van der Waals surface area (Å²) in [6.45, 7) is 0. The topological polar surface area (TPSA) is 84.7 Å². The van der Waals surface area contributed by atoms with Crippen molar-refractivity contribution in [2.45, 2.75) is 0 Å². The van der Waals surface area contributed by atoms with Crippen LogP contribution in [0.3, 0.4) is 0 Å². The zero-order valence-electron chi connectivity index (χ0n) is 8.45. The lowest BCUT2D eigenvalue weighted by Crippen LogP contribution is -2.05. The first-order chi connectivity index (χ1) is 8.33. The summed E-state index contributed by atoms with van der Waals surface area (Å²) in [5.41, 5.74) is 0.173. The molecule has 0 unspecified atom stereocenters. The molecule has 7 heteroatoms. The normalized spacial score (nSPS) is 10.6. The van der Waals surface area contributed by atoms with Gasteiger partial charge in [-0.25, -0.2) is 5.10 Å². The summed E-state index contributed by atoms with van der Waals surface area (Å²) < 4.78 is 5.08. The van der Waals surface area contributed by atoms with Crippen molar-refractivity contribution in [2.24, 2.45) is 0 Å². The maximum atomic E-state index is 10.9. The standard InChI is InChI=1S/C10H6N4O2S/c15-8-4-3-6(12-13-8)10-11-9(14-16-10)7-2-1-5-17-7/h1-5H,(H,13,15). The minimum Gasteiger partial charge on any atom is -0.332 e. The summed E-state index contributed by atoms with van der Waals surface area (Å²) in [4.78, 5) is 16.0. The van der Waals surface area contributed by atoms with Gasteiger partial charge in [0.1, 0.15) is 5.69 Å². The third kappa shape index (κ3) is 1.87. The van der Waals surface area contributed by atoms with Crippen molar-refractivity contribution in [2.75, 3.05) is 0 Å². The SMILES string of the molecule is O=c1ccc(-c2nc(-c3cccs3)no2)n[nH]1. The lowest BCUT2D eigenvalue weighted by atomic mass is 10.4. The third-order valence-electron chi connectivity index (χ3n) is 2.07. The van der Waals surface area contributed by atoms with Gasteiger partial charge < -0.3 is 4.52 Å². The predicted molar refractivity (Wildman–Crippen MR) is 61.5 cm³/mol. The highest BCUT2D eigenvalue weighted by Gasteiger charge is 2.12. The van der Waals surface area contributed by atoms with Crippen LogP contribution in [0.4, 0.5) is 0 Å². The van der Waals surface area contributed by atoms with E-state index in [0.717, 1.165) is 4.88 Å². The molecule has 0 atom stereocenters. The van der Waals surface area contributed by atoms with Crippen molar-refractivity contribution >= 4 is 11.3 Å². The largest absolute Gasteiger partial charge is 0.332 e. The molecule has 0 aromatic carbocycles. The van der Waals surface area contributed by atoms with E-state index in [1.165, 1.54) is 23.5 Å². The van der Waals surface area contributed by atoms with E-state index < -0.39 is 0 Å². The number of nitrogens with zero attached hydrogens (tertiary/aromatic N) is 3. The second kappa shape index (κ2) is 3.95. The van der Waals surface area contributed by atoms with E-state index in [1.54, 1.807) is 0 Å². The maximum absolute atomic E-state index is 10.9. The lowest BCUT2D eigenvalue weighted by Gasteiger charge is -1.89. The van der Waals surface area contributed by atoms with Crippen LogP contribution in [0, 0.1) is 0 Å². The molecule has 0 radical (unpaired) electrons. The van der Waals surface area contributed by atoms with Crippen LogP contribution in [0.5, 0.6) is 0 Å². The van der Waals surface area contributed by atoms with E-state index in [1.807, 2.05) is 17.5 Å². The number of hydrogen-bond acceptors (Lipinski definition) is 6. The first kappa shape index (κ1) is 9.91. The molecule has 0 saturated heterocycles. The van der Waals surface area contributed by atoms with Crippen molar-refractivity contribution in [1.29, 1.82) is 0 Å². The number of nitrogens with one attached hydrogen (secondary N) is 1. The first-order valence-corrected chi connectivity index (χ1v) is 5.64. The highest BCUT2D eigenvalue weighted by molar-refractivity contribution is 7.13. The van der Waals surface area contributed by atoms with Gasteiger partial charge in [-0.05, 0) is 17.5 Å².